The maximum atomic E-state index is 12.4. The molecule has 1 aliphatic rings. The van der Waals surface area contributed by atoms with Gasteiger partial charge in [-0.15, -0.1) is 0 Å². The van der Waals surface area contributed by atoms with Crippen LogP contribution in [0.25, 0.3) is 6.08 Å². The van der Waals surface area contributed by atoms with Gasteiger partial charge in [0.1, 0.15) is 18.7 Å². The Bertz CT molecular complexity index is 764. The molecule has 0 aromatic carbocycles. The Labute approximate surface area is 170 Å². The summed E-state index contributed by atoms with van der Waals surface area (Å²) in [7, 11) is 1.61. The number of hydrogen-bond acceptors (Lipinski definition) is 7. The monoisotopic (exact) mass is 409 g/mol. The van der Waals surface area contributed by atoms with Crippen LogP contribution in [-0.4, -0.2) is 53.3 Å². The standard InChI is InChI=1S/C20H31N3O6/c1-6-14-10-23(16-9-15(24)13(4)29-16)18(25)21-17(14)22-19(26)28-12-20(7-2,8-3)11-27-5/h6,10,13,15-16,24H,1,7-9,11-12H2,2-5H3,(H,21,22,25,26). The third-order valence-corrected chi connectivity index (χ3v) is 5.55. The summed E-state index contributed by atoms with van der Waals surface area (Å²) < 4.78 is 17.5. The molecule has 1 saturated heterocycles. The fourth-order valence-electron chi connectivity index (χ4n) is 3.27. The number of ether oxygens (including phenoxy) is 3. The van der Waals surface area contributed by atoms with Gasteiger partial charge in [0.05, 0.1) is 18.8 Å². The topological polar surface area (TPSA) is 112 Å². The van der Waals surface area contributed by atoms with E-state index in [1.807, 2.05) is 13.8 Å². The zero-order valence-electron chi connectivity index (χ0n) is 17.5. The quantitative estimate of drug-likeness (QED) is 0.644. The number of anilines is 1. The van der Waals surface area contributed by atoms with E-state index >= 15 is 0 Å². The molecule has 29 heavy (non-hydrogen) atoms. The summed E-state index contributed by atoms with van der Waals surface area (Å²) in [5.41, 5.74) is -0.428. The molecule has 1 aromatic heterocycles. The third-order valence-electron chi connectivity index (χ3n) is 5.55. The Morgan fingerprint density at radius 2 is 2.17 bits per heavy atom. The molecule has 0 bridgehead atoms. The molecule has 9 nitrogen and oxygen atoms in total. The molecule has 0 radical (unpaired) electrons. The molecule has 0 aliphatic carbocycles. The van der Waals surface area contributed by atoms with Crippen molar-refractivity contribution in [2.24, 2.45) is 5.41 Å². The summed E-state index contributed by atoms with van der Waals surface area (Å²) >= 11 is 0. The molecular weight excluding hydrogens is 378 g/mol. The maximum Gasteiger partial charge on any atom is 0.412 e. The molecule has 0 saturated carbocycles. The summed E-state index contributed by atoms with van der Waals surface area (Å²) in [6, 6.07) is 0. The number of methoxy groups -OCH3 is 1. The molecule has 3 unspecified atom stereocenters. The lowest BCUT2D eigenvalue weighted by Gasteiger charge is -2.30. The second-order valence-electron chi connectivity index (χ2n) is 7.38. The molecule has 1 amide bonds. The van der Waals surface area contributed by atoms with Gasteiger partial charge in [-0.1, -0.05) is 26.5 Å². The van der Waals surface area contributed by atoms with Crippen LogP contribution in [0.1, 0.15) is 51.8 Å². The maximum absolute atomic E-state index is 12.4. The van der Waals surface area contributed by atoms with Gasteiger partial charge in [-0.3, -0.25) is 9.88 Å². The molecule has 1 aliphatic heterocycles. The molecule has 2 heterocycles. The van der Waals surface area contributed by atoms with E-state index in [1.54, 1.807) is 14.0 Å². The molecule has 3 atom stereocenters. The first-order chi connectivity index (χ1) is 13.8. The van der Waals surface area contributed by atoms with Gasteiger partial charge in [0.15, 0.2) is 0 Å². The molecule has 2 N–H and O–H groups in total. The highest BCUT2D eigenvalue weighted by Crippen LogP contribution is 2.29. The van der Waals surface area contributed by atoms with Crippen LogP contribution in [0.2, 0.25) is 0 Å². The van der Waals surface area contributed by atoms with Crippen molar-refractivity contribution in [3.05, 3.63) is 28.8 Å². The van der Waals surface area contributed by atoms with Gasteiger partial charge in [0, 0.05) is 30.7 Å². The largest absolute Gasteiger partial charge is 0.449 e. The first kappa shape index (κ1) is 23.1. The van der Waals surface area contributed by atoms with Gasteiger partial charge >= 0.3 is 11.8 Å². The lowest BCUT2D eigenvalue weighted by Crippen LogP contribution is -2.33. The number of nitrogens with zero attached hydrogens (tertiary/aromatic N) is 2. The lowest BCUT2D eigenvalue weighted by molar-refractivity contribution is -0.0100. The van der Waals surface area contributed by atoms with Crippen molar-refractivity contribution in [1.82, 2.24) is 9.55 Å². The Morgan fingerprint density at radius 1 is 1.48 bits per heavy atom. The number of aliphatic hydroxyl groups excluding tert-OH is 1. The van der Waals surface area contributed by atoms with Crippen LogP contribution in [0.4, 0.5) is 10.6 Å². The highest BCUT2D eigenvalue weighted by molar-refractivity contribution is 5.85. The Hall–Kier alpha value is -2.23. The lowest BCUT2D eigenvalue weighted by atomic mass is 9.84. The average molecular weight is 409 g/mol. The number of rotatable bonds is 9. The van der Waals surface area contributed by atoms with Crippen molar-refractivity contribution in [2.45, 2.75) is 58.5 Å². The van der Waals surface area contributed by atoms with Gasteiger partial charge in [-0.2, -0.15) is 4.98 Å². The second kappa shape index (κ2) is 10.00. The van der Waals surface area contributed by atoms with E-state index in [1.165, 1.54) is 16.8 Å². The normalized spacial score (nSPS) is 21.8. The smallest absolute Gasteiger partial charge is 0.412 e. The summed E-state index contributed by atoms with van der Waals surface area (Å²) in [5, 5.41) is 12.4. The van der Waals surface area contributed by atoms with E-state index in [2.05, 4.69) is 16.9 Å². The Balaban J connectivity index is 2.12. The van der Waals surface area contributed by atoms with Crippen molar-refractivity contribution in [3.8, 4) is 0 Å². The predicted molar refractivity (Wildman–Crippen MR) is 109 cm³/mol. The molecule has 0 spiro atoms. The first-order valence-electron chi connectivity index (χ1n) is 9.81. The van der Waals surface area contributed by atoms with E-state index in [0.717, 1.165) is 12.8 Å². The zero-order chi connectivity index (χ0) is 21.6. The minimum atomic E-state index is -0.707. The Morgan fingerprint density at radius 3 is 2.69 bits per heavy atom. The predicted octanol–water partition coefficient (Wildman–Crippen LogP) is 2.56. The summed E-state index contributed by atoms with van der Waals surface area (Å²) in [5.74, 6) is 0.0585. The van der Waals surface area contributed by atoms with Crippen LogP contribution < -0.4 is 11.0 Å². The fraction of sp³-hybridized carbons (Fsp3) is 0.650. The van der Waals surface area contributed by atoms with Gasteiger partial charge in [0.25, 0.3) is 0 Å². The van der Waals surface area contributed by atoms with Crippen LogP contribution >= 0.6 is 0 Å². The number of aromatic nitrogens is 2. The second-order valence-corrected chi connectivity index (χ2v) is 7.38. The van der Waals surface area contributed by atoms with Crippen LogP contribution in [0.15, 0.2) is 17.6 Å². The number of amides is 1. The van der Waals surface area contributed by atoms with Gasteiger partial charge in [0.2, 0.25) is 0 Å². The molecular formula is C20H31N3O6. The minimum absolute atomic E-state index is 0.0585. The first-order valence-corrected chi connectivity index (χ1v) is 9.81. The Kier molecular flexibility index (Phi) is 7.95. The van der Waals surface area contributed by atoms with Crippen LogP contribution in [0.3, 0.4) is 0 Å². The van der Waals surface area contributed by atoms with Gasteiger partial charge in [-0.05, 0) is 19.8 Å². The van der Waals surface area contributed by atoms with Crippen molar-refractivity contribution in [1.29, 1.82) is 0 Å². The molecule has 1 aromatic rings. The van der Waals surface area contributed by atoms with Crippen molar-refractivity contribution >= 4 is 18.0 Å². The van der Waals surface area contributed by atoms with Crippen molar-refractivity contribution < 1.29 is 24.1 Å². The SMILES string of the molecule is C=Cc1cn(C2CC(O)C(C)O2)c(=O)nc1NC(=O)OCC(CC)(CC)COC. The number of nitrogens with one attached hydrogen (secondary N) is 1. The highest BCUT2D eigenvalue weighted by atomic mass is 16.6. The summed E-state index contributed by atoms with van der Waals surface area (Å²) in [6.07, 6.45) is 2.48. The van der Waals surface area contributed by atoms with Crippen molar-refractivity contribution in [3.63, 3.8) is 0 Å². The number of carbonyl (C=O) groups is 1. The number of aliphatic hydroxyl groups is 1. The van der Waals surface area contributed by atoms with E-state index in [-0.39, 0.29) is 30.4 Å². The highest BCUT2D eigenvalue weighted by Gasteiger charge is 2.33. The number of carbonyl (C=O) groups excluding carboxylic acids is 1. The summed E-state index contributed by atoms with van der Waals surface area (Å²) in [6.45, 7) is 10.1. The van der Waals surface area contributed by atoms with E-state index < -0.39 is 24.1 Å². The van der Waals surface area contributed by atoms with Gasteiger partial charge < -0.3 is 19.3 Å². The van der Waals surface area contributed by atoms with E-state index in [0.29, 0.717) is 12.2 Å². The minimum Gasteiger partial charge on any atom is -0.449 e. The van der Waals surface area contributed by atoms with Gasteiger partial charge in [-0.25, -0.2) is 9.59 Å². The van der Waals surface area contributed by atoms with E-state index in [9.17, 15) is 14.7 Å². The zero-order valence-corrected chi connectivity index (χ0v) is 17.5. The molecule has 2 rings (SSSR count). The van der Waals surface area contributed by atoms with Crippen LogP contribution in [-0.2, 0) is 14.2 Å². The van der Waals surface area contributed by atoms with Crippen LogP contribution in [0.5, 0.6) is 0 Å². The van der Waals surface area contributed by atoms with Crippen LogP contribution in [0, 0.1) is 5.41 Å². The number of hydrogen-bond donors (Lipinski definition) is 2. The third kappa shape index (κ3) is 5.43. The fourth-order valence-corrected chi connectivity index (χ4v) is 3.27. The molecule has 9 heteroatoms. The summed E-state index contributed by atoms with van der Waals surface area (Å²) in [4.78, 5) is 28.7. The van der Waals surface area contributed by atoms with Crippen molar-refractivity contribution in [2.75, 3.05) is 25.6 Å². The van der Waals surface area contributed by atoms with E-state index in [4.69, 9.17) is 14.2 Å². The molecule has 162 valence electrons. The molecule has 1 fully saturated rings. The average Bonchev–Trinajstić information content (AvgIpc) is 3.03.